The van der Waals surface area contributed by atoms with Gasteiger partial charge in [0.05, 0.1) is 6.54 Å². The molecule has 1 unspecified atom stereocenters. The van der Waals surface area contributed by atoms with Crippen molar-refractivity contribution in [2.75, 3.05) is 18.0 Å². The molecule has 27 heavy (non-hydrogen) atoms. The molecule has 1 fully saturated rings. The van der Waals surface area contributed by atoms with Gasteiger partial charge in [-0.3, -0.25) is 14.9 Å². The van der Waals surface area contributed by atoms with E-state index in [9.17, 15) is 9.59 Å². The van der Waals surface area contributed by atoms with Gasteiger partial charge < -0.3 is 4.90 Å². The second-order valence-electron chi connectivity index (χ2n) is 6.48. The normalized spacial score (nSPS) is 16.3. The lowest BCUT2D eigenvalue weighted by molar-refractivity contribution is 0.0706. The third-order valence-corrected chi connectivity index (χ3v) is 5.72. The van der Waals surface area contributed by atoms with E-state index in [-0.39, 0.29) is 6.03 Å². The smallest absolute Gasteiger partial charge is 0.324 e. The van der Waals surface area contributed by atoms with E-state index in [1.54, 1.807) is 34.6 Å². The van der Waals surface area contributed by atoms with Crippen LogP contribution in [0, 0.1) is 3.57 Å². The lowest BCUT2D eigenvalue weighted by atomic mass is 10.1. The molecule has 0 saturated carbocycles. The molecule has 0 bridgehead atoms. The van der Waals surface area contributed by atoms with Crippen LogP contribution in [0.2, 0.25) is 0 Å². The Morgan fingerprint density at radius 2 is 2.00 bits per heavy atom. The van der Waals surface area contributed by atoms with Crippen LogP contribution in [0.3, 0.4) is 0 Å². The van der Waals surface area contributed by atoms with Gasteiger partial charge in [0.25, 0.3) is 5.91 Å². The maximum absolute atomic E-state index is 13.2. The van der Waals surface area contributed by atoms with Gasteiger partial charge in [-0.05, 0) is 70.6 Å². The molecule has 3 amide bonds. The topological polar surface area (TPSA) is 72.9 Å². The summed E-state index contributed by atoms with van der Waals surface area (Å²) in [6, 6.07) is 14.7. The number of carbonyl (C=O) groups is 2. The van der Waals surface area contributed by atoms with Gasteiger partial charge in [0.2, 0.25) is 0 Å². The molecule has 0 aromatic heterocycles. The van der Waals surface area contributed by atoms with Crippen molar-refractivity contribution < 1.29 is 14.8 Å². The van der Waals surface area contributed by atoms with Crippen LogP contribution >= 0.6 is 31.8 Å². The van der Waals surface area contributed by atoms with E-state index in [1.807, 2.05) is 29.2 Å². The third-order valence-electron chi connectivity index (χ3n) is 4.50. The third kappa shape index (κ3) is 4.97. The Kier molecular flexibility index (Phi) is 6.68. The number of anilines is 1. The molecule has 0 aliphatic carbocycles. The molecule has 0 spiro atoms. The number of benzene rings is 2. The van der Waals surface area contributed by atoms with Crippen LogP contribution < -0.4 is 10.4 Å². The summed E-state index contributed by atoms with van der Waals surface area (Å²) in [7, 11) is 2.79. The number of hydrogen-bond acceptors (Lipinski definition) is 3. The zero-order valence-corrected chi connectivity index (χ0v) is 18.0. The number of urea groups is 1. The van der Waals surface area contributed by atoms with Gasteiger partial charge in [-0.25, -0.2) is 10.3 Å². The maximum Gasteiger partial charge on any atom is 0.324 e. The van der Waals surface area contributed by atoms with Crippen LogP contribution in [0.25, 0.3) is 0 Å². The fourth-order valence-corrected chi connectivity index (χ4v) is 3.98. The quantitative estimate of drug-likeness (QED) is 0.294. The number of amides is 3. The van der Waals surface area contributed by atoms with Gasteiger partial charge in [0.15, 0.2) is 0 Å². The predicted molar refractivity (Wildman–Crippen MR) is 116 cm³/mol. The highest BCUT2D eigenvalue weighted by atomic mass is 127. The summed E-state index contributed by atoms with van der Waals surface area (Å²) in [4.78, 5) is 28.3. The van der Waals surface area contributed by atoms with Crippen LogP contribution in [-0.4, -0.2) is 40.8 Å². The fourth-order valence-electron chi connectivity index (χ4n) is 3.05. The van der Waals surface area contributed by atoms with Gasteiger partial charge in [0.1, 0.15) is 0 Å². The average Bonchev–Trinajstić information content (AvgIpc) is 3.12. The summed E-state index contributed by atoms with van der Waals surface area (Å²) < 4.78 is 1.06. The molecular formula is C19H21IN3O3P. The number of carbonyl (C=O) groups excluding carboxylic acids is 2. The average molecular weight is 497 g/mol. The molecule has 1 aliphatic heterocycles. The van der Waals surface area contributed by atoms with Gasteiger partial charge in [0, 0.05) is 27.9 Å². The van der Waals surface area contributed by atoms with E-state index in [0.29, 0.717) is 17.8 Å². The number of nitrogens with one attached hydrogen (secondary N) is 1. The molecular weight excluding hydrogens is 476 g/mol. The van der Waals surface area contributed by atoms with Crippen molar-refractivity contribution in [1.29, 1.82) is 0 Å². The zero-order valence-electron chi connectivity index (χ0n) is 14.6. The van der Waals surface area contributed by atoms with Crippen molar-refractivity contribution in [2.24, 2.45) is 0 Å². The van der Waals surface area contributed by atoms with Crippen molar-refractivity contribution >= 4 is 49.5 Å². The van der Waals surface area contributed by atoms with Crippen LogP contribution in [0.1, 0.15) is 22.3 Å². The van der Waals surface area contributed by atoms with E-state index in [4.69, 9.17) is 5.21 Å². The Morgan fingerprint density at radius 3 is 2.59 bits per heavy atom. The second-order valence-corrected chi connectivity index (χ2v) is 8.67. The van der Waals surface area contributed by atoms with Crippen molar-refractivity contribution in [3.05, 3.63) is 63.2 Å². The molecule has 1 saturated heterocycles. The number of likely N-dealkylation sites (tertiary alicyclic amines) is 1. The number of hydroxylamine groups is 1. The molecule has 2 aromatic carbocycles. The maximum atomic E-state index is 13.2. The monoisotopic (exact) mass is 497 g/mol. The molecule has 6 nitrogen and oxygen atoms in total. The van der Waals surface area contributed by atoms with Crippen molar-refractivity contribution in [2.45, 2.75) is 18.6 Å². The number of nitrogens with zero attached hydrogens (tertiary/aromatic N) is 2. The van der Waals surface area contributed by atoms with Crippen LogP contribution in [0.15, 0.2) is 48.5 Å². The molecule has 2 atom stereocenters. The molecule has 0 radical (unpaired) electrons. The Balaban J connectivity index is 1.85. The molecule has 1 heterocycles. The summed E-state index contributed by atoms with van der Waals surface area (Å²) in [6.45, 7) is 1.89. The minimum atomic E-state index is -0.560. The molecule has 2 aromatic rings. The summed E-state index contributed by atoms with van der Waals surface area (Å²) in [6.07, 6.45) is 0.988. The van der Waals surface area contributed by atoms with Gasteiger partial charge in [-0.1, -0.05) is 18.2 Å². The highest BCUT2D eigenvalue weighted by Gasteiger charge is 2.28. The highest BCUT2D eigenvalue weighted by molar-refractivity contribution is 14.1. The Hall–Kier alpha value is -1.70. The minimum absolute atomic E-state index is 0.0147. The Bertz CT molecular complexity index is 831. The molecule has 2 N–H and O–H groups in total. The number of hydrogen-bond donors (Lipinski definition) is 2. The van der Waals surface area contributed by atoms with E-state index >= 15 is 0 Å². The largest absolute Gasteiger partial charge is 0.324 e. The standard InChI is InChI=1S/C19H21IN3O3P/c20-15-2-1-3-16(10-15)23(19(25)22-9-8-17(27)12-22)11-13-4-6-14(7-5-13)18(24)21-26/h1-7,10,17,26H,8-9,11-12,27H2,(H,21,24)/t17-/m1/s1. The minimum Gasteiger partial charge on any atom is -0.324 e. The summed E-state index contributed by atoms with van der Waals surface area (Å²) >= 11 is 2.24. The summed E-state index contributed by atoms with van der Waals surface area (Å²) in [5.74, 6) is -0.560. The van der Waals surface area contributed by atoms with E-state index in [2.05, 4.69) is 31.8 Å². The van der Waals surface area contributed by atoms with Gasteiger partial charge >= 0.3 is 6.03 Å². The molecule has 3 rings (SSSR count). The van der Waals surface area contributed by atoms with Crippen LogP contribution in [0.5, 0.6) is 0 Å². The fraction of sp³-hybridized carbons (Fsp3) is 0.263. The van der Waals surface area contributed by atoms with E-state index in [1.165, 1.54) is 0 Å². The van der Waals surface area contributed by atoms with Crippen LogP contribution in [0.4, 0.5) is 10.5 Å². The molecule has 1 aliphatic rings. The first-order valence-corrected chi connectivity index (χ1v) is 10.3. The Labute approximate surface area is 174 Å². The first-order valence-electron chi connectivity index (χ1n) is 8.59. The predicted octanol–water partition coefficient (Wildman–Crippen LogP) is 3.49. The lowest BCUT2D eigenvalue weighted by Gasteiger charge is -2.28. The van der Waals surface area contributed by atoms with E-state index in [0.717, 1.165) is 34.3 Å². The van der Waals surface area contributed by atoms with Gasteiger partial charge in [-0.15, -0.1) is 9.24 Å². The molecule has 8 heteroatoms. The highest BCUT2D eigenvalue weighted by Crippen LogP contribution is 2.25. The lowest BCUT2D eigenvalue weighted by Crippen LogP contribution is -2.42. The second kappa shape index (κ2) is 8.99. The van der Waals surface area contributed by atoms with Crippen molar-refractivity contribution in [1.82, 2.24) is 10.4 Å². The molecule has 142 valence electrons. The Morgan fingerprint density at radius 1 is 1.26 bits per heavy atom. The van der Waals surface area contributed by atoms with Crippen LogP contribution in [-0.2, 0) is 6.54 Å². The first kappa shape index (κ1) is 20.0. The first-order chi connectivity index (χ1) is 13.0. The SMILES string of the molecule is O=C(NO)c1ccc(CN(C(=O)N2CC[C@@H](P)C2)c2cccc(I)c2)cc1. The number of rotatable bonds is 4. The number of halogens is 1. The van der Waals surface area contributed by atoms with E-state index < -0.39 is 5.91 Å². The summed E-state index contributed by atoms with van der Waals surface area (Å²) in [5.41, 5.74) is 4.16. The van der Waals surface area contributed by atoms with Gasteiger partial charge in [-0.2, -0.15) is 0 Å². The van der Waals surface area contributed by atoms with Crippen molar-refractivity contribution in [3.63, 3.8) is 0 Å². The zero-order chi connectivity index (χ0) is 19.4. The summed E-state index contributed by atoms with van der Waals surface area (Å²) in [5, 5.41) is 8.73. The van der Waals surface area contributed by atoms with Crippen molar-refractivity contribution in [3.8, 4) is 0 Å².